The second-order valence-corrected chi connectivity index (χ2v) is 5.92. The van der Waals surface area contributed by atoms with E-state index in [0.717, 1.165) is 23.9 Å². The molecule has 0 aliphatic heterocycles. The van der Waals surface area contributed by atoms with E-state index in [0.29, 0.717) is 6.04 Å². The van der Waals surface area contributed by atoms with Crippen LogP contribution in [0.15, 0.2) is 23.6 Å². The third kappa shape index (κ3) is 2.53. The molecule has 0 spiro atoms. The Balaban J connectivity index is 1.89. The van der Waals surface area contributed by atoms with E-state index in [9.17, 15) is 0 Å². The number of hydrogen-bond acceptors (Lipinski definition) is 4. The SMILES string of the molecule is Cc1cc(C)nc(N(Cc2cccs2)C2CC2)n1. The summed E-state index contributed by atoms with van der Waals surface area (Å²) < 4.78 is 0. The van der Waals surface area contributed by atoms with Crippen molar-refractivity contribution >= 4 is 17.3 Å². The number of anilines is 1. The van der Waals surface area contributed by atoms with Crippen LogP contribution in [0.5, 0.6) is 0 Å². The number of rotatable bonds is 4. The van der Waals surface area contributed by atoms with E-state index in [2.05, 4.69) is 32.4 Å². The monoisotopic (exact) mass is 259 g/mol. The average molecular weight is 259 g/mol. The molecule has 0 unspecified atom stereocenters. The maximum Gasteiger partial charge on any atom is 0.226 e. The van der Waals surface area contributed by atoms with Crippen LogP contribution < -0.4 is 4.90 Å². The summed E-state index contributed by atoms with van der Waals surface area (Å²) in [5.74, 6) is 0.892. The third-order valence-corrected chi connectivity index (χ3v) is 3.98. The molecule has 0 radical (unpaired) electrons. The third-order valence-electron chi connectivity index (χ3n) is 3.12. The number of thiophene rings is 1. The fourth-order valence-corrected chi connectivity index (χ4v) is 2.86. The molecule has 2 aromatic rings. The summed E-state index contributed by atoms with van der Waals surface area (Å²) in [6.07, 6.45) is 2.53. The van der Waals surface area contributed by atoms with Gasteiger partial charge in [-0.05, 0) is 44.2 Å². The normalized spacial score (nSPS) is 14.8. The molecule has 94 valence electrons. The van der Waals surface area contributed by atoms with Crippen LogP contribution in [0.1, 0.15) is 29.1 Å². The zero-order chi connectivity index (χ0) is 12.5. The Bertz CT molecular complexity index is 512. The summed E-state index contributed by atoms with van der Waals surface area (Å²) in [6.45, 7) is 5.01. The summed E-state index contributed by atoms with van der Waals surface area (Å²) in [4.78, 5) is 12.9. The van der Waals surface area contributed by atoms with Gasteiger partial charge in [0.15, 0.2) is 0 Å². The maximum atomic E-state index is 4.60. The van der Waals surface area contributed by atoms with E-state index in [-0.39, 0.29) is 0 Å². The molecule has 0 bridgehead atoms. The van der Waals surface area contributed by atoms with Gasteiger partial charge in [0.1, 0.15) is 0 Å². The fourth-order valence-electron chi connectivity index (χ4n) is 2.16. The van der Waals surface area contributed by atoms with Crippen LogP contribution in [-0.4, -0.2) is 16.0 Å². The molecule has 1 aliphatic rings. The molecule has 3 rings (SSSR count). The van der Waals surface area contributed by atoms with Gasteiger partial charge in [0.25, 0.3) is 0 Å². The van der Waals surface area contributed by atoms with Gasteiger partial charge in [-0.25, -0.2) is 9.97 Å². The lowest BCUT2D eigenvalue weighted by Gasteiger charge is -2.22. The standard InChI is InChI=1S/C14H17N3S/c1-10-8-11(2)16-14(15-10)17(12-5-6-12)9-13-4-3-7-18-13/h3-4,7-8,12H,5-6,9H2,1-2H3. The van der Waals surface area contributed by atoms with Crippen molar-refractivity contribution in [3.05, 3.63) is 39.8 Å². The predicted molar refractivity (Wildman–Crippen MR) is 75.0 cm³/mol. The Morgan fingerprint density at radius 3 is 2.56 bits per heavy atom. The van der Waals surface area contributed by atoms with Gasteiger partial charge in [-0.3, -0.25) is 0 Å². The van der Waals surface area contributed by atoms with E-state index >= 15 is 0 Å². The van der Waals surface area contributed by atoms with Gasteiger partial charge >= 0.3 is 0 Å². The van der Waals surface area contributed by atoms with Gasteiger partial charge in [-0.2, -0.15) is 0 Å². The highest BCUT2D eigenvalue weighted by atomic mass is 32.1. The highest BCUT2D eigenvalue weighted by molar-refractivity contribution is 7.09. The molecular formula is C14H17N3S. The molecule has 0 amide bonds. The molecule has 2 heterocycles. The fraction of sp³-hybridized carbons (Fsp3) is 0.429. The second-order valence-electron chi connectivity index (χ2n) is 4.89. The summed E-state index contributed by atoms with van der Waals surface area (Å²) in [5, 5.41) is 2.13. The van der Waals surface area contributed by atoms with Crippen LogP contribution in [-0.2, 0) is 6.54 Å². The quantitative estimate of drug-likeness (QED) is 0.843. The van der Waals surface area contributed by atoms with Crippen LogP contribution >= 0.6 is 11.3 Å². The lowest BCUT2D eigenvalue weighted by Crippen LogP contribution is -2.27. The molecule has 18 heavy (non-hydrogen) atoms. The Labute approximate surface area is 112 Å². The topological polar surface area (TPSA) is 29.0 Å². The summed E-state index contributed by atoms with van der Waals surface area (Å²) in [7, 11) is 0. The first-order valence-corrected chi connectivity index (χ1v) is 7.21. The van der Waals surface area contributed by atoms with E-state index in [1.54, 1.807) is 11.3 Å². The largest absolute Gasteiger partial charge is 0.333 e. The molecule has 0 aromatic carbocycles. The number of aryl methyl sites for hydroxylation is 2. The van der Waals surface area contributed by atoms with Crippen molar-refractivity contribution in [3.8, 4) is 0 Å². The number of aromatic nitrogens is 2. The maximum absolute atomic E-state index is 4.60. The van der Waals surface area contributed by atoms with Crippen molar-refractivity contribution in [1.29, 1.82) is 0 Å². The van der Waals surface area contributed by atoms with E-state index in [1.165, 1.54) is 17.7 Å². The molecule has 0 N–H and O–H groups in total. The summed E-state index contributed by atoms with van der Waals surface area (Å²) >= 11 is 1.80. The zero-order valence-corrected chi connectivity index (χ0v) is 11.6. The molecular weight excluding hydrogens is 242 g/mol. The van der Waals surface area contributed by atoms with Crippen LogP contribution in [0.25, 0.3) is 0 Å². The molecule has 1 saturated carbocycles. The zero-order valence-electron chi connectivity index (χ0n) is 10.8. The Hall–Kier alpha value is -1.42. The minimum Gasteiger partial charge on any atom is -0.333 e. The number of hydrogen-bond donors (Lipinski definition) is 0. The van der Waals surface area contributed by atoms with Crippen LogP contribution in [0, 0.1) is 13.8 Å². The van der Waals surface area contributed by atoms with E-state index < -0.39 is 0 Å². The van der Waals surface area contributed by atoms with Crippen LogP contribution in [0.3, 0.4) is 0 Å². The smallest absolute Gasteiger partial charge is 0.226 e. The lowest BCUT2D eigenvalue weighted by atomic mass is 10.3. The predicted octanol–water partition coefficient (Wildman–Crippen LogP) is 3.32. The lowest BCUT2D eigenvalue weighted by molar-refractivity contribution is 0.758. The van der Waals surface area contributed by atoms with Gasteiger partial charge in [0, 0.05) is 22.3 Å². The van der Waals surface area contributed by atoms with Gasteiger partial charge in [-0.15, -0.1) is 11.3 Å². The Morgan fingerprint density at radius 2 is 2.00 bits per heavy atom. The summed E-state index contributed by atoms with van der Waals surface area (Å²) in [5.41, 5.74) is 2.10. The van der Waals surface area contributed by atoms with Crippen LogP contribution in [0.4, 0.5) is 5.95 Å². The van der Waals surface area contributed by atoms with Crippen molar-refractivity contribution in [2.45, 2.75) is 39.3 Å². The van der Waals surface area contributed by atoms with Gasteiger partial charge in [-0.1, -0.05) is 6.07 Å². The molecule has 4 heteroatoms. The molecule has 1 fully saturated rings. The first kappa shape index (κ1) is 11.7. The number of nitrogens with zero attached hydrogens (tertiary/aromatic N) is 3. The first-order chi connectivity index (χ1) is 8.72. The van der Waals surface area contributed by atoms with Gasteiger partial charge < -0.3 is 4.90 Å². The van der Waals surface area contributed by atoms with E-state index in [4.69, 9.17) is 0 Å². The van der Waals surface area contributed by atoms with Gasteiger partial charge in [0.05, 0.1) is 6.54 Å². The van der Waals surface area contributed by atoms with Gasteiger partial charge in [0.2, 0.25) is 5.95 Å². The van der Waals surface area contributed by atoms with Crippen molar-refractivity contribution in [3.63, 3.8) is 0 Å². The average Bonchev–Trinajstić information content (AvgIpc) is 3.02. The molecule has 0 atom stereocenters. The van der Waals surface area contributed by atoms with Crippen molar-refractivity contribution in [2.24, 2.45) is 0 Å². The second kappa shape index (κ2) is 4.69. The minimum absolute atomic E-state index is 0.633. The minimum atomic E-state index is 0.633. The highest BCUT2D eigenvalue weighted by Gasteiger charge is 2.31. The van der Waals surface area contributed by atoms with Crippen molar-refractivity contribution in [2.75, 3.05) is 4.90 Å². The molecule has 0 saturated heterocycles. The first-order valence-electron chi connectivity index (χ1n) is 6.34. The Kier molecular flexibility index (Phi) is 3.04. The Morgan fingerprint density at radius 1 is 1.28 bits per heavy atom. The highest BCUT2D eigenvalue weighted by Crippen LogP contribution is 2.32. The molecule has 1 aliphatic carbocycles. The summed E-state index contributed by atoms with van der Waals surface area (Å²) in [6, 6.07) is 6.95. The van der Waals surface area contributed by atoms with Crippen molar-refractivity contribution in [1.82, 2.24) is 9.97 Å². The molecule has 2 aromatic heterocycles. The van der Waals surface area contributed by atoms with Crippen molar-refractivity contribution < 1.29 is 0 Å². The molecule has 3 nitrogen and oxygen atoms in total. The van der Waals surface area contributed by atoms with Crippen LogP contribution in [0.2, 0.25) is 0 Å². The van der Waals surface area contributed by atoms with E-state index in [1.807, 2.05) is 19.9 Å².